The molecule has 126 valence electrons. The number of hydrogen-bond acceptors (Lipinski definition) is 2. The van der Waals surface area contributed by atoms with Crippen molar-refractivity contribution in [2.24, 2.45) is 5.92 Å². The molecule has 1 aromatic rings. The molecule has 23 heavy (non-hydrogen) atoms. The van der Waals surface area contributed by atoms with E-state index in [1.54, 1.807) is 0 Å². The molecule has 1 N–H and O–H groups in total. The van der Waals surface area contributed by atoms with E-state index >= 15 is 0 Å². The summed E-state index contributed by atoms with van der Waals surface area (Å²) in [5.74, 6) is 0.824. The molecule has 4 heteroatoms. The number of halogens is 1. The number of piperidine rings is 1. The summed E-state index contributed by atoms with van der Waals surface area (Å²) in [4.78, 5) is 14.6. The van der Waals surface area contributed by atoms with Crippen LogP contribution in [0.15, 0.2) is 43.0 Å². The summed E-state index contributed by atoms with van der Waals surface area (Å²) in [6.45, 7) is 5.12. The van der Waals surface area contributed by atoms with E-state index in [2.05, 4.69) is 24.0 Å². The molecule has 2 heterocycles. The molecule has 1 amide bonds. The SMILES string of the molecule is C=CCN(Cc1ccccc1)C(=O)CC1CC2CCC(C1)N2.Cl. The van der Waals surface area contributed by atoms with E-state index in [9.17, 15) is 4.79 Å². The molecule has 2 atom stereocenters. The maximum Gasteiger partial charge on any atom is 0.223 e. The average Bonchev–Trinajstić information content (AvgIpc) is 2.86. The highest BCUT2D eigenvalue weighted by Crippen LogP contribution is 2.33. The van der Waals surface area contributed by atoms with Crippen LogP contribution in [0.25, 0.3) is 0 Å². The van der Waals surface area contributed by atoms with Gasteiger partial charge in [-0.2, -0.15) is 0 Å². The van der Waals surface area contributed by atoms with Crippen LogP contribution in [0.2, 0.25) is 0 Å². The maximum atomic E-state index is 12.7. The van der Waals surface area contributed by atoms with Crippen LogP contribution in [-0.2, 0) is 11.3 Å². The highest BCUT2D eigenvalue weighted by atomic mass is 35.5. The predicted octanol–water partition coefficient (Wildman–Crippen LogP) is 3.54. The Morgan fingerprint density at radius 1 is 1.22 bits per heavy atom. The number of fused-ring (bicyclic) bond motifs is 2. The van der Waals surface area contributed by atoms with Gasteiger partial charge in [-0.15, -0.1) is 19.0 Å². The Kier molecular flexibility index (Phi) is 6.67. The van der Waals surface area contributed by atoms with Crippen molar-refractivity contribution in [3.8, 4) is 0 Å². The first kappa shape index (κ1) is 18.0. The van der Waals surface area contributed by atoms with Crippen LogP contribution in [0, 0.1) is 5.92 Å². The van der Waals surface area contributed by atoms with E-state index in [-0.39, 0.29) is 18.3 Å². The second kappa shape index (κ2) is 8.51. The molecule has 0 radical (unpaired) electrons. The van der Waals surface area contributed by atoms with Gasteiger partial charge in [0.05, 0.1) is 0 Å². The Morgan fingerprint density at radius 3 is 2.48 bits per heavy atom. The van der Waals surface area contributed by atoms with Crippen molar-refractivity contribution in [1.82, 2.24) is 10.2 Å². The summed E-state index contributed by atoms with van der Waals surface area (Å²) in [7, 11) is 0. The molecule has 2 bridgehead atoms. The fourth-order valence-corrected chi connectivity index (χ4v) is 3.93. The summed E-state index contributed by atoms with van der Waals surface area (Å²) in [6.07, 6.45) is 7.42. The first-order chi connectivity index (χ1) is 10.7. The molecule has 2 fully saturated rings. The zero-order valence-corrected chi connectivity index (χ0v) is 14.4. The summed E-state index contributed by atoms with van der Waals surface area (Å²) in [5, 5.41) is 3.65. The normalized spacial score (nSPS) is 25.5. The number of amides is 1. The van der Waals surface area contributed by atoms with Gasteiger partial charge in [-0.25, -0.2) is 0 Å². The number of carbonyl (C=O) groups excluding carboxylic acids is 1. The number of nitrogens with one attached hydrogen (secondary N) is 1. The van der Waals surface area contributed by atoms with Crippen LogP contribution >= 0.6 is 12.4 Å². The van der Waals surface area contributed by atoms with Crippen LogP contribution in [0.4, 0.5) is 0 Å². The van der Waals surface area contributed by atoms with Gasteiger partial charge >= 0.3 is 0 Å². The molecule has 0 saturated carbocycles. The predicted molar refractivity (Wildman–Crippen MR) is 96.6 cm³/mol. The van der Waals surface area contributed by atoms with Gasteiger partial charge in [-0.05, 0) is 37.2 Å². The van der Waals surface area contributed by atoms with Gasteiger partial charge in [0.2, 0.25) is 5.91 Å². The zero-order valence-electron chi connectivity index (χ0n) is 13.6. The van der Waals surface area contributed by atoms with Crippen molar-refractivity contribution in [2.75, 3.05) is 6.54 Å². The largest absolute Gasteiger partial charge is 0.335 e. The zero-order chi connectivity index (χ0) is 15.4. The quantitative estimate of drug-likeness (QED) is 0.807. The van der Waals surface area contributed by atoms with Gasteiger partial charge in [0.1, 0.15) is 0 Å². The molecule has 2 saturated heterocycles. The third-order valence-electron chi connectivity index (χ3n) is 4.95. The first-order valence-corrected chi connectivity index (χ1v) is 8.43. The maximum absolute atomic E-state index is 12.7. The molecule has 3 rings (SSSR count). The van der Waals surface area contributed by atoms with Crippen LogP contribution in [-0.4, -0.2) is 29.4 Å². The third kappa shape index (κ3) is 4.82. The lowest BCUT2D eigenvalue weighted by molar-refractivity contribution is -0.132. The van der Waals surface area contributed by atoms with Crippen LogP contribution in [0.1, 0.15) is 37.7 Å². The van der Waals surface area contributed by atoms with Crippen molar-refractivity contribution in [1.29, 1.82) is 0 Å². The van der Waals surface area contributed by atoms with Crippen molar-refractivity contribution in [2.45, 2.75) is 50.7 Å². The Hall–Kier alpha value is -1.32. The second-order valence-electron chi connectivity index (χ2n) is 6.73. The number of carbonyl (C=O) groups is 1. The lowest BCUT2D eigenvalue weighted by atomic mass is 9.89. The van der Waals surface area contributed by atoms with E-state index in [0.29, 0.717) is 37.5 Å². The van der Waals surface area contributed by atoms with E-state index in [1.807, 2.05) is 29.2 Å². The van der Waals surface area contributed by atoms with Crippen LogP contribution < -0.4 is 5.32 Å². The molecule has 2 aliphatic heterocycles. The number of rotatable bonds is 6. The fourth-order valence-electron chi connectivity index (χ4n) is 3.93. The minimum absolute atomic E-state index is 0. The number of benzene rings is 1. The highest BCUT2D eigenvalue weighted by Gasteiger charge is 2.34. The average molecular weight is 335 g/mol. The molecule has 3 nitrogen and oxygen atoms in total. The van der Waals surface area contributed by atoms with Crippen LogP contribution in [0.5, 0.6) is 0 Å². The minimum Gasteiger partial charge on any atom is -0.335 e. The van der Waals surface area contributed by atoms with Gasteiger partial charge in [-0.1, -0.05) is 36.4 Å². The molecule has 2 aliphatic rings. The Bertz CT molecular complexity index is 507. The van der Waals surface area contributed by atoms with Gasteiger partial charge in [-0.3, -0.25) is 4.79 Å². The standard InChI is InChI=1S/C19H26N2O.ClH/c1-2-10-21(14-15-6-4-3-5-7-15)19(22)13-16-11-17-8-9-18(12-16)20-17;/h2-7,16-18,20H,1,8-14H2;1H. The minimum atomic E-state index is 0. The molecular formula is C19H27ClN2O. The van der Waals surface area contributed by atoms with E-state index in [0.717, 1.165) is 12.8 Å². The third-order valence-corrected chi connectivity index (χ3v) is 4.95. The summed E-state index contributed by atoms with van der Waals surface area (Å²) >= 11 is 0. The summed E-state index contributed by atoms with van der Waals surface area (Å²) in [6, 6.07) is 11.5. The van der Waals surface area contributed by atoms with Gasteiger partial charge < -0.3 is 10.2 Å². The Labute approximate surface area is 145 Å². The Morgan fingerprint density at radius 2 is 1.87 bits per heavy atom. The van der Waals surface area contributed by atoms with Gasteiger partial charge in [0, 0.05) is 31.6 Å². The fraction of sp³-hybridized carbons (Fsp3) is 0.526. The highest BCUT2D eigenvalue weighted by molar-refractivity contribution is 5.85. The van der Waals surface area contributed by atoms with E-state index in [4.69, 9.17) is 0 Å². The van der Waals surface area contributed by atoms with Crippen molar-refractivity contribution in [3.63, 3.8) is 0 Å². The Balaban J connectivity index is 0.00000192. The van der Waals surface area contributed by atoms with E-state index in [1.165, 1.54) is 18.4 Å². The first-order valence-electron chi connectivity index (χ1n) is 8.43. The molecule has 0 spiro atoms. The molecular weight excluding hydrogens is 308 g/mol. The van der Waals surface area contributed by atoms with Gasteiger partial charge in [0.25, 0.3) is 0 Å². The van der Waals surface area contributed by atoms with Crippen molar-refractivity contribution < 1.29 is 4.79 Å². The second-order valence-corrected chi connectivity index (χ2v) is 6.73. The smallest absolute Gasteiger partial charge is 0.223 e. The van der Waals surface area contributed by atoms with Crippen molar-refractivity contribution >= 4 is 18.3 Å². The monoisotopic (exact) mass is 334 g/mol. The number of hydrogen-bond donors (Lipinski definition) is 1. The number of nitrogens with zero attached hydrogens (tertiary/aromatic N) is 1. The molecule has 0 aromatic heterocycles. The summed E-state index contributed by atoms with van der Waals surface area (Å²) < 4.78 is 0. The van der Waals surface area contributed by atoms with Crippen molar-refractivity contribution in [3.05, 3.63) is 48.6 Å². The molecule has 2 unspecified atom stereocenters. The molecule has 0 aliphatic carbocycles. The lowest BCUT2D eigenvalue weighted by Gasteiger charge is -2.30. The lowest BCUT2D eigenvalue weighted by Crippen LogP contribution is -2.40. The van der Waals surface area contributed by atoms with Crippen LogP contribution in [0.3, 0.4) is 0 Å². The summed E-state index contributed by atoms with van der Waals surface area (Å²) in [5.41, 5.74) is 1.18. The molecule has 1 aromatic carbocycles. The van der Waals surface area contributed by atoms with Gasteiger partial charge in [0.15, 0.2) is 0 Å². The topological polar surface area (TPSA) is 32.3 Å². The van der Waals surface area contributed by atoms with E-state index < -0.39 is 0 Å².